The Bertz CT molecular complexity index is 512. The third kappa shape index (κ3) is 3.65. The highest BCUT2D eigenvalue weighted by Crippen LogP contribution is 2.20. The molecule has 0 aliphatic rings. The van der Waals surface area contributed by atoms with Gasteiger partial charge in [0.25, 0.3) is 5.91 Å². The molecule has 0 aromatic carbocycles. The van der Waals surface area contributed by atoms with Crippen molar-refractivity contribution in [2.75, 3.05) is 6.54 Å². The van der Waals surface area contributed by atoms with E-state index in [1.54, 1.807) is 25.3 Å². The Morgan fingerprint density at radius 3 is 2.47 bits per heavy atom. The van der Waals surface area contributed by atoms with Gasteiger partial charge >= 0.3 is 0 Å². The SMILES string of the molecule is CC(C)CN(C(=O)c1sccc1C#N)C(=O)C(C)C. The first-order valence-electron chi connectivity index (χ1n) is 6.21. The van der Waals surface area contributed by atoms with Gasteiger partial charge in [0.15, 0.2) is 0 Å². The van der Waals surface area contributed by atoms with E-state index in [2.05, 4.69) is 0 Å². The summed E-state index contributed by atoms with van der Waals surface area (Å²) < 4.78 is 0. The van der Waals surface area contributed by atoms with E-state index >= 15 is 0 Å². The maximum atomic E-state index is 12.4. The van der Waals surface area contributed by atoms with E-state index < -0.39 is 0 Å². The van der Waals surface area contributed by atoms with Crippen LogP contribution < -0.4 is 0 Å². The van der Waals surface area contributed by atoms with Gasteiger partial charge in [-0.1, -0.05) is 27.7 Å². The first-order chi connectivity index (χ1) is 8.88. The van der Waals surface area contributed by atoms with Gasteiger partial charge in [-0.15, -0.1) is 11.3 Å². The normalized spacial score (nSPS) is 10.6. The number of hydrogen-bond acceptors (Lipinski definition) is 4. The molecule has 0 N–H and O–H groups in total. The largest absolute Gasteiger partial charge is 0.277 e. The van der Waals surface area contributed by atoms with Crippen molar-refractivity contribution < 1.29 is 9.59 Å². The maximum Gasteiger partial charge on any atom is 0.271 e. The van der Waals surface area contributed by atoms with Crippen molar-refractivity contribution in [3.63, 3.8) is 0 Å². The topological polar surface area (TPSA) is 61.2 Å². The lowest BCUT2D eigenvalue weighted by atomic mass is 10.1. The Morgan fingerprint density at radius 2 is 2.00 bits per heavy atom. The maximum absolute atomic E-state index is 12.4. The molecule has 1 aromatic rings. The lowest BCUT2D eigenvalue weighted by molar-refractivity contribution is -0.132. The molecule has 0 radical (unpaired) electrons. The summed E-state index contributed by atoms with van der Waals surface area (Å²) in [5.74, 6) is -0.611. The second kappa shape index (κ2) is 6.48. The Balaban J connectivity index is 3.08. The number of nitriles is 1. The molecule has 0 saturated carbocycles. The summed E-state index contributed by atoms with van der Waals surface area (Å²) in [5.41, 5.74) is 0.334. The molecule has 0 fully saturated rings. The van der Waals surface area contributed by atoms with Crippen LogP contribution in [0.1, 0.15) is 42.9 Å². The Morgan fingerprint density at radius 1 is 1.37 bits per heavy atom. The first-order valence-corrected chi connectivity index (χ1v) is 7.09. The van der Waals surface area contributed by atoms with Crippen LogP contribution in [-0.4, -0.2) is 23.3 Å². The van der Waals surface area contributed by atoms with Gasteiger partial charge in [-0.05, 0) is 17.4 Å². The highest BCUT2D eigenvalue weighted by Gasteiger charge is 2.27. The molecule has 0 aliphatic heterocycles. The molecule has 1 rings (SSSR count). The molecule has 2 amide bonds. The van der Waals surface area contributed by atoms with Gasteiger partial charge in [-0.2, -0.15) is 5.26 Å². The standard InChI is InChI=1S/C14H18N2O2S/c1-9(2)8-16(13(17)10(3)4)14(18)12-11(7-15)5-6-19-12/h5-6,9-10H,8H2,1-4H3. The number of rotatable bonds is 4. The minimum atomic E-state index is -0.362. The minimum Gasteiger partial charge on any atom is -0.277 e. The van der Waals surface area contributed by atoms with Crippen molar-refractivity contribution in [2.45, 2.75) is 27.7 Å². The molecule has 5 heteroatoms. The van der Waals surface area contributed by atoms with Crippen molar-refractivity contribution in [1.82, 2.24) is 4.90 Å². The predicted molar refractivity (Wildman–Crippen MR) is 74.8 cm³/mol. The molecule has 0 aliphatic carbocycles. The summed E-state index contributed by atoms with van der Waals surface area (Å²) in [6.45, 7) is 7.81. The molecule has 0 atom stereocenters. The van der Waals surface area contributed by atoms with Crippen LogP contribution in [0.2, 0.25) is 0 Å². The zero-order valence-electron chi connectivity index (χ0n) is 11.6. The van der Waals surface area contributed by atoms with Crippen molar-refractivity contribution >= 4 is 23.2 Å². The number of carbonyl (C=O) groups is 2. The van der Waals surface area contributed by atoms with Gasteiger partial charge in [-0.25, -0.2) is 0 Å². The number of amides is 2. The number of thiophene rings is 1. The Labute approximate surface area is 117 Å². The molecule has 0 saturated heterocycles. The molecular formula is C14H18N2O2S. The van der Waals surface area contributed by atoms with Crippen molar-refractivity contribution in [3.05, 3.63) is 21.9 Å². The second-order valence-corrected chi connectivity index (χ2v) is 5.99. The van der Waals surface area contributed by atoms with Crippen LogP contribution in [0.15, 0.2) is 11.4 Å². The molecule has 0 bridgehead atoms. The molecular weight excluding hydrogens is 260 g/mol. The van der Waals surface area contributed by atoms with Gasteiger partial charge in [0.05, 0.1) is 5.56 Å². The van der Waals surface area contributed by atoms with E-state index in [-0.39, 0.29) is 23.7 Å². The average Bonchev–Trinajstić information content (AvgIpc) is 2.82. The van der Waals surface area contributed by atoms with E-state index in [1.165, 1.54) is 16.2 Å². The zero-order valence-corrected chi connectivity index (χ0v) is 12.5. The highest BCUT2D eigenvalue weighted by atomic mass is 32.1. The number of imide groups is 1. The minimum absolute atomic E-state index is 0.192. The lowest BCUT2D eigenvalue weighted by Crippen LogP contribution is -2.41. The smallest absolute Gasteiger partial charge is 0.271 e. The van der Waals surface area contributed by atoms with Crippen molar-refractivity contribution in [1.29, 1.82) is 5.26 Å². The fourth-order valence-corrected chi connectivity index (χ4v) is 2.43. The van der Waals surface area contributed by atoms with Gasteiger partial charge in [-0.3, -0.25) is 14.5 Å². The van der Waals surface area contributed by atoms with Gasteiger partial charge in [0.1, 0.15) is 10.9 Å². The zero-order chi connectivity index (χ0) is 14.6. The molecule has 1 aromatic heterocycles. The highest BCUT2D eigenvalue weighted by molar-refractivity contribution is 7.12. The fraction of sp³-hybridized carbons (Fsp3) is 0.500. The molecule has 102 valence electrons. The van der Waals surface area contributed by atoms with Crippen LogP contribution in [0, 0.1) is 23.2 Å². The predicted octanol–water partition coefficient (Wildman–Crippen LogP) is 2.90. The second-order valence-electron chi connectivity index (χ2n) is 5.08. The van der Waals surface area contributed by atoms with Gasteiger partial charge in [0.2, 0.25) is 5.91 Å². The quantitative estimate of drug-likeness (QED) is 0.850. The van der Waals surface area contributed by atoms with E-state index in [4.69, 9.17) is 5.26 Å². The van der Waals surface area contributed by atoms with Crippen LogP contribution >= 0.6 is 11.3 Å². The van der Waals surface area contributed by atoms with E-state index in [0.29, 0.717) is 17.0 Å². The average molecular weight is 278 g/mol. The monoisotopic (exact) mass is 278 g/mol. The number of nitrogens with zero attached hydrogens (tertiary/aromatic N) is 2. The van der Waals surface area contributed by atoms with Crippen LogP contribution in [-0.2, 0) is 4.79 Å². The molecule has 0 spiro atoms. The molecule has 19 heavy (non-hydrogen) atoms. The van der Waals surface area contributed by atoms with Crippen LogP contribution in [0.25, 0.3) is 0 Å². The first kappa shape index (κ1) is 15.4. The van der Waals surface area contributed by atoms with E-state index in [1.807, 2.05) is 19.9 Å². The number of carbonyl (C=O) groups excluding carboxylic acids is 2. The van der Waals surface area contributed by atoms with Crippen molar-refractivity contribution in [2.24, 2.45) is 11.8 Å². The Kier molecular flexibility index (Phi) is 5.25. The van der Waals surface area contributed by atoms with Crippen LogP contribution in [0.5, 0.6) is 0 Å². The van der Waals surface area contributed by atoms with Crippen LogP contribution in [0.4, 0.5) is 0 Å². The summed E-state index contributed by atoms with van der Waals surface area (Å²) in [7, 11) is 0. The summed E-state index contributed by atoms with van der Waals surface area (Å²) in [6.07, 6.45) is 0. The molecule has 4 nitrogen and oxygen atoms in total. The number of hydrogen-bond donors (Lipinski definition) is 0. The van der Waals surface area contributed by atoms with E-state index in [0.717, 1.165) is 0 Å². The lowest BCUT2D eigenvalue weighted by Gasteiger charge is -2.24. The summed E-state index contributed by atoms with van der Waals surface area (Å²) in [5, 5.41) is 10.7. The Hall–Kier alpha value is -1.67. The summed E-state index contributed by atoms with van der Waals surface area (Å²) in [6, 6.07) is 3.59. The van der Waals surface area contributed by atoms with Crippen molar-refractivity contribution in [3.8, 4) is 6.07 Å². The van der Waals surface area contributed by atoms with Crippen LogP contribution in [0.3, 0.4) is 0 Å². The molecule has 0 unspecified atom stereocenters. The molecule has 1 heterocycles. The summed E-state index contributed by atoms with van der Waals surface area (Å²) in [4.78, 5) is 26.2. The van der Waals surface area contributed by atoms with Gasteiger partial charge in [0, 0.05) is 12.5 Å². The third-order valence-electron chi connectivity index (χ3n) is 2.53. The summed E-state index contributed by atoms with van der Waals surface area (Å²) >= 11 is 1.20. The fourth-order valence-electron chi connectivity index (χ4n) is 1.64. The van der Waals surface area contributed by atoms with Gasteiger partial charge < -0.3 is 0 Å². The third-order valence-corrected chi connectivity index (χ3v) is 3.44. The van der Waals surface area contributed by atoms with E-state index in [9.17, 15) is 9.59 Å².